The first-order chi connectivity index (χ1) is 13.5. The predicted octanol–water partition coefficient (Wildman–Crippen LogP) is 3.78. The first-order valence-electron chi connectivity index (χ1n) is 8.60. The Labute approximate surface area is 162 Å². The van der Waals surface area contributed by atoms with E-state index in [0.717, 1.165) is 0 Å². The van der Waals surface area contributed by atoms with E-state index in [9.17, 15) is 9.18 Å². The Morgan fingerprint density at radius 1 is 1.04 bits per heavy atom. The van der Waals surface area contributed by atoms with Crippen LogP contribution in [0.4, 0.5) is 4.39 Å². The van der Waals surface area contributed by atoms with Crippen LogP contribution in [0.25, 0.3) is 6.08 Å². The first-order valence-corrected chi connectivity index (χ1v) is 8.60. The monoisotopic (exact) mass is 385 g/mol. The number of aryl methyl sites for hydroxylation is 1. The molecule has 2 aromatic rings. The first kappa shape index (κ1) is 19.4. The fourth-order valence-corrected chi connectivity index (χ4v) is 2.85. The number of hydrogen-bond donors (Lipinski definition) is 0. The highest BCUT2D eigenvalue weighted by atomic mass is 19.1. The smallest absolute Gasteiger partial charge is 0.363 e. The van der Waals surface area contributed by atoms with Crippen LogP contribution in [0.5, 0.6) is 17.2 Å². The summed E-state index contributed by atoms with van der Waals surface area (Å²) in [5.74, 6) is 0.785. The molecule has 0 spiro atoms. The van der Waals surface area contributed by atoms with Crippen LogP contribution in [0.3, 0.4) is 0 Å². The lowest BCUT2D eigenvalue weighted by atomic mass is 10.1. The maximum atomic E-state index is 13.7. The minimum atomic E-state index is -0.558. The molecule has 0 saturated carbocycles. The lowest BCUT2D eigenvalue weighted by Crippen LogP contribution is -2.05. The number of rotatable bonds is 7. The van der Waals surface area contributed by atoms with Crippen molar-refractivity contribution in [3.63, 3.8) is 0 Å². The molecule has 2 aromatic carbocycles. The van der Waals surface area contributed by atoms with Gasteiger partial charge >= 0.3 is 5.97 Å². The van der Waals surface area contributed by atoms with Gasteiger partial charge in [0, 0.05) is 6.42 Å². The summed E-state index contributed by atoms with van der Waals surface area (Å²) in [6.07, 6.45) is 2.28. The Hall–Kier alpha value is -3.35. The molecule has 1 heterocycles. The minimum absolute atomic E-state index is 0.151. The van der Waals surface area contributed by atoms with Crippen molar-refractivity contribution in [2.24, 2.45) is 4.99 Å². The number of carbonyl (C=O) groups excluding carboxylic acids is 1. The number of hydrogen-bond acceptors (Lipinski definition) is 6. The summed E-state index contributed by atoms with van der Waals surface area (Å²) < 4.78 is 34.8. The van der Waals surface area contributed by atoms with E-state index in [1.165, 1.54) is 27.4 Å². The number of esters is 1. The zero-order chi connectivity index (χ0) is 20.1. The highest BCUT2D eigenvalue weighted by Gasteiger charge is 2.23. The molecule has 0 amide bonds. The van der Waals surface area contributed by atoms with E-state index < -0.39 is 5.97 Å². The van der Waals surface area contributed by atoms with Gasteiger partial charge in [0.2, 0.25) is 5.75 Å². The maximum absolute atomic E-state index is 13.7. The summed E-state index contributed by atoms with van der Waals surface area (Å²) >= 11 is 0. The van der Waals surface area contributed by atoms with Crippen LogP contribution >= 0.6 is 0 Å². The van der Waals surface area contributed by atoms with Crippen LogP contribution in [-0.4, -0.2) is 33.2 Å². The Bertz CT molecular complexity index is 927. The van der Waals surface area contributed by atoms with E-state index >= 15 is 0 Å². The second-order valence-electron chi connectivity index (χ2n) is 5.97. The molecule has 28 heavy (non-hydrogen) atoms. The van der Waals surface area contributed by atoms with Crippen LogP contribution in [0.1, 0.15) is 17.5 Å². The van der Waals surface area contributed by atoms with Crippen molar-refractivity contribution < 1.29 is 28.1 Å². The van der Waals surface area contributed by atoms with Crippen LogP contribution in [0.15, 0.2) is 47.1 Å². The molecule has 0 atom stereocenters. The number of ether oxygens (including phenoxy) is 4. The molecule has 7 heteroatoms. The summed E-state index contributed by atoms with van der Waals surface area (Å²) in [6, 6.07) is 9.89. The molecule has 1 aliphatic heterocycles. The highest BCUT2D eigenvalue weighted by Crippen LogP contribution is 2.39. The molecule has 146 valence electrons. The summed E-state index contributed by atoms with van der Waals surface area (Å²) in [4.78, 5) is 16.4. The number of carbonyl (C=O) groups is 1. The Kier molecular flexibility index (Phi) is 5.93. The van der Waals surface area contributed by atoms with E-state index in [-0.39, 0.29) is 17.4 Å². The molecule has 0 radical (unpaired) electrons. The predicted molar refractivity (Wildman–Crippen MR) is 102 cm³/mol. The Balaban J connectivity index is 1.82. The van der Waals surface area contributed by atoms with Gasteiger partial charge in [-0.3, -0.25) is 0 Å². The lowest BCUT2D eigenvalue weighted by molar-refractivity contribution is -0.130. The summed E-state index contributed by atoms with van der Waals surface area (Å²) in [7, 11) is 4.53. The van der Waals surface area contributed by atoms with Gasteiger partial charge in [-0.1, -0.05) is 18.2 Å². The van der Waals surface area contributed by atoms with Gasteiger partial charge in [-0.05, 0) is 41.8 Å². The quantitative estimate of drug-likeness (QED) is 0.536. The van der Waals surface area contributed by atoms with Crippen molar-refractivity contribution in [2.75, 3.05) is 21.3 Å². The molecule has 0 aromatic heterocycles. The SMILES string of the molecule is COc1cc(/C=C2/N=C(CCc3ccccc3F)OC2=O)cc(OC)c1OC. The largest absolute Gasteiger partial charge is 0.493 e. The number of aliphatic imine (C=N–C) groups is 1. The second-order valence-corrected chi connectivity index (χ2v) is 5.97. The Morgan fingerprint density at radius 2 is 1.71 bits per heavy atom. The van der Waals surface area contributed by atoms with Crippen molar-refractivity contribution in [1.82, 2.24) is 0 Å². The topological polar surface area (TPSA) is 66.4 Å². The number of cyclic esters (lactones) is 1. The average Bonchev–Trinajstić information content (AvgIpc) is 3.05. The molecule has 0 saturated heterocycles. The molecule has 6 nitrogen and oxygen atoms in total. The minimum Gasteiger partial charge on any atom is -0.493 e. The normalized spacial score (nSPS) is 14.6. The Morgan fingerprint density at radius 3 is 2.32 bits per heavy atom. The summed E-state index contributed by atoms with van der Waals surface area (Å²) in [5, 5.41) is 0. The van der Waals surface area contributed by atoms with E-state index in [2.05, 4.69) is 4.99 Å². The van der Waals surface area contributed by atoms with Crippen molar-refractivity contribution in [2.45, 2.75) is 12.8 Å². The van der Waals surface area contributed by atoms with Crippen LogP contribution < -0.4 is 14.2 Å². The van der Waals surface area contributed by atoms with Crippen molar-refractivity contribution in [3.05, 3.63) is 59.0 Å². The fourth-order valence-electron chi connectivity index (χ4n) is 2.85. The molecule has 0 bridgehead atoms. The van der Waals surface area contributed by atoms with Crippen LogP contribution in [-0.2, 0) is 16.0 Å². The molecule has 0 N–H and O–H groups in total. The molecule has 1 aliphatic rings. The van der Waals surface area contributed by atoms with Gasteiger partial charge in [-0.15, -0.1) is 0 Å². The number of halogens is 1. The van der Waals surface area contributed by atoms with Crippen molar-refractivity contribution in [1.29, 1.82) is 0 Å². The third-order valence-electron chi connectivity index (χ3n) is 4.22. The van der Waals surface area contributed by atoms with Crippen LogP contribution in [0, 0.1) is 5.82 Å². The van der Waals surface area contributed by atoms with Gasteiger partial charge in [-0.2, -0.15) is 0 Å². The molecule has 0 fully saturated rings. The van der Waals surface area contributed by atoms with Gasteiger partial charge < -0.3 is 18.9 Å². The fraction of sp³-hybridized carbons (Fsp3) is 0.238. The number of nitrogens with zero attached hydrogens (tertiary/aromatic N) is 1. The third kappa shape index (κ3) is 4.14. The van der Waals surface area contributed by atoms with Gasteiger partial charge in [0.05, 0.1) is 21.3 Å². The second kappa shape index (κ2) is 8.56. The standard InChI is InChI=1S/C21H20FNO5/c1-25-17-11-13(12-18(26-2)20(17)27-3)10-16-21(24)28-19(23-16)9-8-14-6-4-5-7-15(14)22/h4-7,10-12H,8-9H2,1-3H3/b16-10+. The number of methoxy groups -OCH3 is 3. The summed E-state index contributed by atoms with van der Waals surface area (Å²) in [5.41, 5.74) is 1.33. The van der Waals surface area contributed by atoms with E-state index in [4.69, 9.17) is 18.9 Å². The molecular formula is C21H20FNO5. The van der Waals surface area contributed by atoms with E-state index in [1.54, 1.807) is 36.4 Å². The maximum Gasteiger partial charge on any atom is 0.363 e. The van der Waals surface area contributed by atoms with E-state index in [0.29, 0.717) is 41.2 Å². The van der Waals surface area contributed by atoms with Gasteiger partial charge in [0.15, 0.2) is 23.1 Å². The molecular weight excluding hydrogens is 365 g/mol. The van der Waals surface area contributed by atoms with E-state index in [1.807, 2.05) is 0 Å². The summed E-state index contributed by atoms with van der Waals surface area (Å²) in [6.45, 7) is 0. The van der Waals surface area contributed by atoms with Gasteiger partial charge in [0.25, 0.3) is 0 Å². The van der Waals surface area contributed by atoms with Crippen molar-refractivity contribution in [3.8, 4) is 17.2 Å². The molecule has 0 unspecified atom stereocenters. The van der Waals surface area contributed by atoms with Crippen LogP contribution in [0.2, 0.25) is 0 Å². The average molecular weight is 385 g/mol. The third-order valence-corrected chi connectivity index (χ3v) is 4.22. The molecule has 0 aliphatic carbocycles. The van der Waals surface area contributed by atoms with Gasteiger partial charge in [0.1, 0.15) is 5.82 Å². The van der Waals surface area contributed by atoms with Gasteiger partial charge in [-0.25, -0.2) is 14.2 Å². The zero-order valence-corrected chi connectivity index (χ0v) is 15.8. The molecule has 3 rings (SSSR count). The highest BCUT2D eigenvalue weighted by molar-refractivity contribution is 6.07. The van der Waals surface area contributed by atoms with Crippen molar-refractivity contribution >= 4 is 17.9 Å². The number of benzene rings is 2. The zero-order valence-electron chi connectivity index (χ0n) is 15.8. The lowest BCUT2D eigenvalue weighted by Gasteiger charge is -2.12.